The van der Waals surface area contributed by atoms with Gasteiger partial charge in [0, 0.05) is 11.3 Å². The van der Waals surface area contributed by atoms with E-state index in [1.165, 1.54) is 5.01 Å². The van der Waals surface area contributed by atoms with E-state index in [0.29, 0.717) is 12.1 Å². The van der Waals surface area contributed by atoms with Crippen LogP contribution >= 0.6 is 0 Å². The van der Waals surface area contributed by atoms with Gasteiger partial charge in [-0.15, -0.1) is 0 Å². The first-order valence-electron chi connectivity index (χ1n) is 5.54. The third-order valence-electron chi connectivity index (χ3n) is 3.04. The van der Waals surface area contributed by atoms with E-state index in [4.69, 9.17) is 0 Å². The van der Waals surface area contributed by atoms with Gasteiger partial charge in [0.15, 0.2) is 0 Å². The van der Waals surface area contributed by atoms with E-state index < -0.39 is 0 Å². The highest BCUT2D eigenvalue weighted by atomic mass is 16.3. The van der Waals surface area contributed by atoms with Crippen molar-refractivity contribution in [3.8, 4) is 0 Å². The lowest BCUT2D eigenvalue weighted by Gasteiger charge is -2.13. The fraction of sp³-hybridized carbons (Fsp3) is 0.231. The summed E-state index contributed by atoms with van der Waals surface area (Å²) in [5, 5.41) is 15.3. The third-order valence-corrected chi connectivity index (χ3v) is 3.04. The van der Waals surface area contributed by atoms with Crippen LogP contribution in [0.1, 0.15) is 24.5 Å². The van der Waals surface area contributed by atoms with Crippen molar-refractivity contribution in [2.75, 3.05) is 5.01 Å². The van der Waals surface area contributed by atoms with E-state index in [2.05, 4.69) is 5.10 Å². The molecule has 1 amide bonds. The minimum atomic E-state index is -0.0242. The van der Waals surface area contributed by atoms with Crippen LogP contribution in [0.25, 0.3) is 5.76 Å². The van der Waals surface area contributed by atoms with Gasteiger partial charge in [0.05, 0.1) is 12.1 Å². The summed E-state index contributed by atoms with van der Waals surface area (Å²) >= 11 is 0. The van der Waals surface area contributed by atoms with Gasteiger partial charge in [-0.1, -0.05) is 6.07 Å². The second kappa shape index (κ2) is 3.45. The van der Waals surface area contributed by atoms with Crippen LogP contribution < -0.4 is 5.01 Å². The number of amides is 1. The van der Waals surface area contributed by atoms with E-state index in [9.17, 15) is 9.90 Å². The van der Waals surface area contributed by atoms with Gasteiger partial charge >= 0.3 is 0 Å². The number of fused-ring (bicyclic) bond motifs is 1. The number of hydrogen-bond acceptors (Lipinski definition) is 3. The predicted octanol–water partition coefficient (Wildman–Crippen LogP) is 2.25. The molecule has 86 valence electrons. The van der Waals surface area contributed by atoms with Crippen molar-refractivity contribution in [2.45, 2.75) is 19.8 Å². The molecule has 17 heavy (non-hydrogen) atoms. The second-order valence-electron chi connectivity index (χ2n) is 4.35. The standard InChI is InChI=1S/C13H12N2O2/c1-8-6-13(17)15(14-8)10-4-2-9-3-5-12(16)11(9)7-10/h2,4-5,7,16H,3,6H2,1H3. The number of carbonyl (C=O) groups is 1. The summed E-state index contributed by atoms with van der Waals surface area (Å²) in [6.45, 7) is 1.84. The highest BCUT2D eigenvalue weighted by molar-refractivity contribution is 6.12. The number of carbonyl (C=O) groups excluding carboxylic acids is 1. The normalized spacial score (nSPS) is 18.2. The van der Waals surface area contributed by atoms with Gasteiger partial charge in [0.1, 0.15) is 5.76 Å². The lowest BCUT2D eigenvalue weighted by atomic mass is 10.1. The smallest absolute Gasteiger partial charge is 0.253 e. The van der Waals surface area contributed by atoms with Crippen LogP contribution in [-0.2, 0) is 11.2 Å². The molecule has 0 fully saturated rings. The number of aliphatic hydroxyl groups is 1. The Balaban J connectivity index is 2.03. The number of aliphatic hydroxyl groups excluding tert-OH is 1. The fourth-order valence-corrected chi connectivity index (χ4v) is 2.19. The lowest BCUT2D eigenvalue weighted by Crippen LogP contribution is -2.19. The Kier molecular flexibility index (Phi) is 2.04. The summed E-state index contributed by atoms with van der Waals surface area (Å²) in [5.41, 5.74) is 3.41. The Bertz CT molecular complexity index is 573. The van der Waals surface area contributed by atoms with Gasteiger partial charge in [0.2, 0.25) is 0 Å². The molecule has 2 aliphatic rings. The Hall–Kier alpha value is -2.10. The van der Waals surface area contributed by atoms with Crippen molar-refractivity contribution in [1.29, 1.82) is 0 Å². The zero-order chi connectivity index (χ0) is 12.0. The molecule has 0 aromatic heterocycles. The molecule has 4 nitrogen and oxygen atoms in total. The van der Waals surface area contributed by atoms with Crippen LogP contribution in [0.5, 0.6) is 0 Å². The molecule has 0 atom stereocenters. The maximum atomic E-state index is 11.7. The largest absolute Gasteiger partial charge is 0.508 e. The molecule has 1 aromatic carbocycles. The van der Waals surface area contributed by atoms with Gasteiger partial charge < -0.3 is 5.11 Å². The molecular formula is C13H12N2O2. The monoisotopic (exact) mass is 228 g/mol. The first-order valence-corrected chi connectivity index (χ1v) is 5.54. The Labute approximate surface area is 98.9 Å². The van der Waals surface area contributed by atoms with Crippen molar-refractivity contribution < 1.29 is 9.90 Å². The Morgan fingerprint density at radius 1 is 1.41 bits per heavy atom. The molecule has 1 aliphatic heterocycles. The number of anilines is 1. The lowest BCUT2D eigenvalue weighted by molar-refractivity contribution is -0.116. The molecule has 1 aliphatic carbocycles. The van der Waals surface area contributed by atoms with E-state index >= 15 is 0 Å². The first-order chi connectivity index (χ1) is 8.15. The van der Waals surface area contributed by atoms with Crippen LogP contribution in [0.2, 0.25) is 0 Å². The summed E-state index contributed by atoms with van der Waals surface area (Å²) in [5.74, 6) is 0.262. The summed E-state index contributed by atoms with van der Waals surface area (Å²) in [6, 6.07) is 5.61. The average Bonchev–Trinajstić information content (AvgIpc) is 2.83. The van der Waals surface area contributed by atoms with Crippen LogP contribution in [0.15, 0.2) is 29.4 Å². The van der Waals surface area contributed by atoms with Crippen LogP contribution in [0.3, 0.4) is 0 Å². The molecular weight excluding hydrogens is 216 g/mol. The molecule has 1 heterocycles. The number of allylic oxidation sites excluding steroid dienone is 1. The van der Waals surface area contributed by atoms with Crippen molar-refractivity contribution >= 4 is 23.1 Å². The van der Waals surface area contributed by atoms with Gasteiger partial charge in [-0.25, -0.2) is 5.01 Å². The molecule has 3 rings (SSSR count). The van der Waals surface area contributed by atoms with Crippen LogP contribution in [-0.4, -0.2) is 16.7 Å². The summed E-state index contributed by atoms with van der Waals surface area (Å²) in [7, 11) is 0. The van der Waals surface area contributed by atoms with Gasteiger partial charge in [-0.05, 0) is 37.1 Å². The van der Waals surface area contributed by atoms with E-state index in [1.54, 1.807) is 6.08 Å². The Morgan fingerprint density at radius 3 is 2.94 bits per heavy atom. The molecule has 0 saturated carbocycles. The van der Waals surface area contributed by atoms with Gasteiger partial charge in [-0.3, -0.25) is 4.79 Å². The third kappa shape index (κ3) is 1.53. The summed E-state index contributed by atoms with van der Waals surface area (Å²) in [4.78, 5) is 11.7. The molecule has 0 unspecified atom stereocenters. The Morgan fingerprint density at radius 2 is 2.24 bits per heavy atom. The number of hydrazone groups is 1. The SMILES string of the molecule is CC1=NN(c2ccc3c(c2)C(O)=CC3)C(=O)C1. The topological polar surface area (TPSA) is 52.9 Å². The van der Waals surface area contributed by atoms with Crippen LogP contribution in [0.4, 0.5) is 5.69 Å². The molecule has 1 aromatic rings. The molecule has 4 heteroatoms. The van der Waals surface area contributed by atoms with Crippen molar-refractivity contribution in [3.63, 3.8) is 0 Å². The maximum absolute atomic E-state index is 11.7. The first kappa shape index (κ1) is 10.1. The summed E-state index contributed by atoms with van der Waals surface area (Å²) in [6.07, 6.45) is 2.89. The highest BCUT2D eigenvalue weighted by Gasteiger charge is 2.24. The maximum Gasteiger partial charge on any atom is 0.253 e. The van der Waals surface area contributed by atoms with Crippen molar-refractivity contribution in [1.82, 2.24) is 0 Å². The number of hydrogen-bond donors (Lipinski definition) is 1. The number of nitrogens with zero attached hydrogens (tertiary/aromatic N) is 2. The van der Waals surface area contributed by atoms with Crippen molar-refractivity contribution in [2.24, 2.45) is 5.10 Å². The number of rotatable bonds is 1. The minimum absolute atomic E-state index is 0.0242. The van der Waals surface area contributed by atoms with Gasteiger partial charge in [0.25, 0.3) is 5.91 Å². The van der Waals surface area contributed by atoms with Crippen molar-refractivity contribution in [3.05, 3.63) is 35.4 Å². The molecule has 0 spiro atoms. The zero-order valence-electron chi connectivity index (χ0n) is 9.47. The average molecular weight is 228 g/mol. The number of benzene rings is 1. The quantitative estimate of drug-likeness (QED) is 0.801. The van der Waals surface area contributed by atoms with Gasteiger partial charge in [-0.2, -0.15) is 5.10 Å². The molecule has 0 saturated heterocycles. The minimum Gasteiger partial charge on any atom is -0.508 e. The van der Waals surface area contributed by atoms with E-state index in [1.807, 2.05) is 25.1 Å². The summed E-state index contributed by atoms with van der Waals surface area (Å²) < 4.78 is 0. The second-order valence-corrected chi connectivity index (χ2v) is 4.35. The molecule has 0 bridgehead atoms. The zero-order valence-corrected chi connectivity index (χ0v) is 9.47. The van der Waals surface area contributed by atoms with E-state index in [-0.39, 0.29) is 11.7 Å². The predicted molar refractivity (Wildman–Crippen MR) is 66.0 cm³/mol. The fourth-order valence-electron chi connectivity index (χ4n) is 2.19. The van der Waals surface area contributed by atoms with Crippen LogP contribution in [0, 0.1) is 0 Å². The highest BCUT2D eigenvalue weighted by Crippen LogP contribution is 2.30. The molecule has 0 radical (unpaired) electrons. The van der Waals surface area contributed by atoms with E-state index in [0.717, 1.165) is 23.3 Å². The molecule has 1 N–H and O–H groups in total.